The molecule has 1 aliphatic heterocycles. The maximum atomic E-state index is 14.1. The second-order valence-electron chi connectivity index (χ2n) is 10.7. The van der Waals surface area contributed by atoms with Gasteiger partial charge in [-0.05, 0) is 60.6 Å². The number of hydrogen-bond donors (Lipinski definition) is 1. The number of amides is 2. The standard InChI is InChI=1S/C32H32N2O4/c35-29(19-20-30(36)37)33(24-17-18-24)31-25-9-4-5-11-27(25)34(28-12-6-10-26(28)31)32(38)23-15-13-22(14-16-23)21-7-2-1-3-8-21/h1-5,7-9,11,13-16,24,26,28,31H,6,10,12,17-20H2,(H,36,37)/t26-,28+,31-/m0/s1. The Labute approximate surface area is 222 Å². The highest BCUT2D eigenvalue weighted by molar-refractivity contribution is 6.07. The molecule has 0 radical (unpaired) electrons. The SMILES string of the molecule is O=C(O)CCC(=O)N(C1CC1)[C@H]1c2ccccc2N(C(=O)c2ccc(-c3ccccc3)cc2)[C@@H]2CCC[C@@H]21. The minimum absolute atomic E-state index is 0.00437. The number of rotatable bonds is 7. The van der Waals surface area contributed by atoms with E-state index in [2.05, 4.69) is 12.1 Å². The molecule has 1 heterocycles. The average molecular weight is 509 g/mol. The molecule has 3 aromatic carbocycles. The van der Waals surface area contributed by atoms with Crippen LogP contribution in [-0.2, 0) is 9.59 Å². The Morgan fingerprint density at radius 3 is 2.18 bits per heavy atom. The molecule has 194 valence electrons. The molecule has 0 saturated heterocycles. The van der Waals surface area contributed by atoms with Gasteiger partial charge in [-0.1, -0.05) is 67.1 Å². The number of carboxylic acids is 1. The van der Waals surface area contributed by atoms with Crippen LogP contribution in [0, 0.1) is 5.92 Å². The first-order valence-electron chi connectivity index (χ1n) is 13.6. The minimum Gasteiger partial charge on any atom is -0.481 e. The van der Waals surface area contributed by atoms with E-state index in [0.29, 0.717) is 5.56 Å². The van der Waals surface area contributed by atoms with Crippen molar-refractivity contribution in [3.8, 4) is 11.1 Å². The van der Waals surface area contributed by atoms with E-state index in [9.17, 15) is 19.5 Å². The quantitative estimate of drug-likeness (QED) is 0.420. The molecule has 3 aliphatic rings. The van der Waals surface area contributed by atoms with Crippen molar-refractivity contribution in [3.63, 3.8) is 0 Å². The van der Waals surface area contributed by atoms with Crippen molar-refractivity contribution in [1.82, 2.24) is 4.90 Å². The van der Waals surface area contributed by atoms with Crippen LogP contribution >= 0.6 is 0 Å². The largest absolute Gasteiger partial charge is 0.481 e. The number of nitrogens with zero attached hydrogens (tertiary/aromatic N) is 2. The molecule has 2 saturated carbocycles. The van der Waals surface area contributed by atoms with Crippen LogP contribution < -0.4 is 4.90 Å². The van der Waals surface area contributed by atoms with Gasteiger partial charge in [-0.2, -0.15) is 0 Å². The molecule has 0 aromatic heterocycles. The molecular formula is C32H32N2O4. The summed E-state index contributed by atoms with van der Waals surface area (Å²) in [5, 5.41) is 9.19. The second-order valence-corrected chi connectivity index (χ2v) is 10.7. The van der Waals surface area contributed by atoms with Crippen molar-refractivity contribution >= 4 is 23.5 Å². The summed E-state index contributed by atoms with van der Waals surface area (Å²) in [5.41, 5.74) is 4.70. The van der Waals surface area contributed by atoms with E-state index in [0.717, 1.165) is 54.5 Å². The van der Waals surface area contributed by atoms with Crippen LogP contribution in [0.15, 0.2) is 78.9 Å². The fourth-order valence-electron chi connectivity index (χ4n) is 6.50. The highest BCUT2D eigenvalue weighted by atomic mass is 16.4. The van der Waals surface area contributed by atoms with E-state index in [-0.39, 0.29) is 48.7 Å². The average Bonchev–Trinajstić information content (AvgIpc) is 3.67. The molecule has 1 N–H and O–H groups in total. The number of carbonyl (C=O) groups excluding carboxylic acids is 2. The molecule has 3 aromatic rings. The van der Waals surface area contributed by atoms with E-state index in [1.807, 2.05) is 76.5 Å². The Balaban J connectivity index is 1.35. The lowest BCUT2D eigenvalue weighted by Crippen LogP contribution is -2.52. The number of aliphatic carboxylic acids is 1. The Morgan fingerprint density at radius 2 is 1.47 bits per heavy atom. The monoisotopic (exact) mass is 508 g/mol. The van der Waals surface area contributed by atoms with Crippen molar-refractivity contribution in [2.45, 2.75) is 63.1 Å². The summed E-state index contributed by atoms with van der Waals surface area (Å²) >= 11 is 0. The lowest BCUT2D eigenvalue weighted by atomic mass is 9.81. The smallest absolute Gasteiger partial charge is 0.303 e. The van der Waals surface area contributed by atoms with Gasteiger partial charge in [0.2, 0.25) is 5.91 Å². The number of carboxylic acid groups (broad SMARTS) is 1. The first kappa shape index (κ1) is 24.4. The van der Waals surface area contributed by atoms with Crippen molar-refractivity contribution in [2.75, 3.05) is 4.90 Å². The zero-order chi connectivity index (χ0) is 26.2. The summed E-state index contributed by atoms with van der Waals surface area (Å²) in [5.74, 6) is -0.919. The van der Waals surface area contributed by atoms with Crippen LogP contribution in [-0.4, -0.2) is 39.9 Å². The summed E-state index contributed by atoms with van der Waals surface area (Å²) in [4.78, 5) is 42.6. The number of hydrogen-bond acceptors (Lipinski definition) is 3. The van der Waals surface area contributed by atoms with Crippen molar-refractivity contribution < 1.29 is 19.5 Å². The molecule has 0 unspecified atom stereocenters. The molecule has 2 fully saturated rings. The topological polar surface area (TPSA) is 77.9 Å². The summed E-state index contributed by atoms with van der Waals surface area (Å²) in [6.07, 6.45) is 4.59. The van der Waals surface area contributed by atoms with E-state index >= 15 is 0 Å². The molecule has 2 amide bonds. The Morgan fingerprint density at radius 1 is 0.789 bits per heavy atom. The van der Waals surface area contributed by atoms with Gasteiger partial charge >= 0.3 is 5.97 Å². The molecule has 0 bridgehead atoms. The van der Waals surface area contributed by atoms with Gasteiger partial charge in [0, 0.05) is 35.7 Å². The lowest BCUT2D eigenvalue weighted by Gasteiger charge is -2.48. The molecule has 0 spiro atoms. The minimum atomic E-state index is -0.952. The van der Waals surface area contributed by atoms with Crippen molar-refractivity contribution in [3.05, 3.63) is 90.0 Å². The molecule has 38 heavy (non-hydrogen) atoms. The number of carbonyl (C=O) groups is 3. The maximum absolute atomic E-state index is 14.1. The van der Waals surface area contributed by atoms with Gasteiger partial charge in [-0.25, -0.2) is 0 Å². The Hall–Kier alpha value is -3.93. The first-order valence-corrected chi connectivity index (χ1v) is 13.6. The van der Waals surface area contributed by atoms with Gasteiger partial charge < -0.3 is 14.9 Å². The highest BCUT2D eigenvalue weighted by Crippen LogP contribution is 2.53. The van der Waals surface area contributed by atoms with Gasteiger partial charge in [0.25, 0.3) is 5.91 Å². The number of benzene rings is 3. The fraction of sp³-hybridized carbons (Fsp3) is 0.344. The maximum Gasteiger partial charge on any atom is 0.303 e. The molecule has 6 heteroatoms. The van der Waals surface area contributed by atoms with Gasteiger partial charge in [0.1, 0.15) is 0 Å². The predicted octanol–water partition coefficient (Wildman–Crippen LogP) is 6.08. The van der Waals surface area contributed by atoms with E-state index in [1.54, 1.807) is 0 Å². The van der Waals surface area contributed by atoms with E-state index < -0.39 is 5.97 Å². The number of anilines is 1. The number of fused-ring (bicyclic) bond motifs is 2. The molecule has 6 rings (SSSR count). The molecular weight excluding hydrogens is 476 g/mol. The van der Waals surface area contributed by atoms with Crippen LogP contribution in [0.3, 0.4) is 0 Å². The van der Waals surface area contributed by atoms with Crippen LogP contribution in [0.2, 0.25) is 0 Å². The third-order valence-corrected chi connectivity index (χ3v) is 8.32. The zero-order valence-electron chi connectivity index (χ0n) is 21.3. The van der Waals surface area contributed by atoms with E-state index in [1.165, 1.54) is 0 Å². The highest BCUT2D eigenvalue weighted by Gasteiger charge is 2.51. The summed E-state index contributed by atoms with van der Waals surface area (Å²) in [6, 6.07) is 26.0. The second kappa shape index (κ2) is 10.1. The van der Waals surface area contributed by atoms with Gasteiger partial charge in [0.15, 0.2) is 0 Å². The van der Waals surface area contributed by atoms with Crippen LogP contribution in [0.25, 0.3) is 11.1 Å². The number of para-hydroxylation sites is 1. The van der Waals surface area contributed by atoms with Crippen LogP contribution in [0.1, 0.15) is 66.9 Å². The lowest BCUT2D eigenvalue weighted by molar-refractivity contribution is -0.142. The molecule has 2 aliphatic carbocycles. The summed E-state index contributed by atoms with van der Waals surface area (Å²) in [6.45, 7) is 0. The Kier molecular flexibility index (Phi) is 6.48. The third kappa shape index (κ3) is 4.49. The molecule has 3 atom stereocenters. The zero-order valence-corrected chi connectivity index (χ0v) is 21.3. The normalized spacial score (nSPS) is 21.9. The fourth-order valence-corrected chi connectivity index (χ4v) is 6.50. The molecule has 6 nitrogen and oxygen atoms in total. The van der Waals surface area contributed by atoms with Gasteiger partial charge in [-0.3, -0.25) is 14.4 Å². The van der Waals surface area contributed by atoms with Crippen LogP contribution in [0.4, 0.5) is 5.69 Å². The van der Waals surface area contributed by atoms with Gasteiger partial charge in [0.05, 0.1) is 12.5 Å². The van der Waals surface area contributed by atoms with Crippen LogP contribution in [0.5, 0.6) is 0 Å². The first-order chi connectivity index (χ1) is 18.5. The predicted molar refractivity (Wildman–Crippen MR) is 146 cm³/mol. The summed E-state index contributed by atoms with van der Waals surface area (Å²) < 4.78 is 0. The Bertz CT molecular complexity index is 1350. The summed E-state index contributed by atoms with van der Waals surface area (Å²) in [7, 11) is 0. The van der Waals surface area contributed by atoms with E-state index in [4.69, 9.17) is 0 Å². The van der Waals surface area contributed by atoms with Crippen molar-refractivity contribution in [1.29, 1.82) is 0 Å². The third-order valence-electron chi connectivity index (χ3n) is 8.32. The van der Waals surface area contributed by atoms with Crippen molar-refractivity contribution in [2.24, 2.45) is 5.92 Å². The van der Waals surface area contributed by atoms with Gasteiger partial charge in [-0.15, -0.1) is 0 Å².